The second-order valence-electron chi connectivity index (χ2n) is 5.70. The SMILES string of the molecule is CCOCCOc1cccc(NC(=S)NC(=O)/C=C/c2ccc([N+](=O)[O-])cc2)c1. The number of nitrogens with zero attached hydrogens (tertiary/aromatic N) is 1. The van der Waals surface area contributed by atoms with Gasteiger partial charge in [-0.25, -0.2) is 0 Å². The number of carbonyl (C=O) groups is 1. The monoisotopic (exact) mass is 415 g/mol. The van der Waals surface area contributed by atoms with Gasteiger partial charge < -0.3 is 14.8 Å². The molecule has 9 heteroatoms. The summed E-state index contributed by atoms with van der Waals surface area (Å²) < 4.78 is 10.8. The van der Waals surface area contributed by atoms with Gasteiger partial charge in [-0.3, -0.25) is 20.2 Å². The lowest BCUT2D eigenvalue weighted by Gasteiger charge is -2.11. The van der Waals surface area contributed by atoms with Crippen LogP contribution in [-0.4, -0.2) is 35.8 Å². The summed E-state index contributed by atoms with van der Waals surface area (Å²) in [4.78, 5) is 22.1. The second kappa shape index (κ2) is 11.5. The molecule has 2 rings (SSSR count). The molecule has 0 aliphatic carbocycles. The smallest absolute Gasteiger partial charge is 0.269 e. The van der Waals surface area contributed by atoms with Crippen molar-refractivity contribution in [2.45, 2.75) is 6.92 Å². The second-order valence-corrected chi connectivity index (χ2v) is 6.11. The third-order valence-electron chi connectivity index (χ3n) is 3.56. The van der Waals surface area contributed by atoms with Gasteiger partial charge in [-0.2, -0.15) is 0 Å². The highest BCUT2D eigenvalue weighted by molar-refractivity contribution is 7.80. The minimum atomic E-state index is -0.483. The van der Waals surface area contributed by atoms with E-state index in [9.17, 15) is 14.9 Å². The van der Waals surface area contributed by atoms with Crippen LogP contribution in [0.3, 0.4) is 0 Å². The molecule has 0 heterocycles. The van der Waals surface area contributed by atoms with Crippen LogP contribution in [0.15, 0.2) is 54.6 Å². The molecule has 0 saturated carbocycles. The number of anilines is 1. The van der Waals surface area contributed by atoms with E-state index in [0.717, 1.165) is 0 Å². The standard InChI is InChI=1S/C20H21N3O5S/c1-2-27-12-13-28-18-5-3-4-16(14-18)21-20(29)22-19(24)11-8-15-6-9-17(10-7-15)23(25)26/h3-11,14H,2,12-13H2,1H3,(H2,21,22,24,29)/b11-8+. The van der Waals surface area contributed by atoms with E-state index in [-0.39, 0.29) is 10.8 Å². The summed E-state index contributed by atoms with van der Waals surface area (Å²) in [5.74, 6) is 0.229. The lowest BCUT2D eigenvalue weighted by Crippen LogP contribution is -2.32. The van der Waals surface area contributed by atoms with Crippen LogP contribution in [0.2, 0.25) is 0 Å². The van der Waals surface area contributed by atoms with Crippen molar-refractivity contribution in [2.24, 2.45) is 0 Å². The number of carbonyl (C=O) groups excluding carboxylic acids is 1. The van der Waals surface area contributed by atoms with Crippen molar-refractivity contribution >= 4 is 40.7 Å². The van der Waals surface area contributed by atoms with Gasteiger partial charge in [0.25, 0.3) is 5.69 Å². The molecular weight excluding hydrogens is 394 g/mol. The van der Waals surface area contributed by atoms with Gasteiger partial charge in [-0.1, -0.05) is 6.07 Å². The maximum atomic E-state index is 12.0. The predicted octanol–water partition coefficient (Wildman–Crippen LogP) is 3.54. The highest BCUT2D eigenvalue weighted by Crippen LogP contribution is 2.17. The summed E-state index contributed by atoms with van der Waals surface area (Å²) in [6.45, 7) is 3.49. The zero-order valence-electron chi connectivity index (χ0n) is 15.8. The number of nitrogens with one attached hydrogen (secondary N) is 2. The van der Waals surface area contributed by atoms with E-state index in [2.05, 4.69) is 10.6 Å². The normalized spacial score (nSPS) is 10.5. The Kier molecular flexibility index (Phi) is 8.74. The molecule has 0 spiro atoms. The maximum Gasteiger partial charge on any atom is 0.269 e. The molecule has 29 heavy (non-hydrogen) atoms. The molecule has 0 bridgehead atoms. The van der Waals surface area contributed by atoms with Gasteiger partial charge in [-0.15, -0.1) is 0 Å². The number of hydrogen-bond acceptors (Lipinski definition) is 6. The summed E-state index contributed by atoms with van der Waals surface area (Å²) in [5, 5.41) is 16.2. The van der Waals surface area contributed by atoms with Crippen LogP contribution in [-0.2, 0) is 9.53 Å². The number of thiocarbonyl (C=S) groups is 1. The average molecular weight is 415 g/mol. The van der Waals surface area contributed by atoms with E-state index in [1.807, 2.05) is 13.0 Å². The maximum absolute atomic E-state index is 12.0. The van der Waals surface area contributed by atoms with Gasteiger partial charge in [0.1, 0.15) is 12.4 Å². The van der Waals surface area contributed by atoms with E-state index in [0.29, 0.717) is 36.8 Å². The van der Waals surface area contributed by atoms with Gasteiger partial charge in [-0.05, 0) is 55.0 Å². The fourth-order valence-corrected chi connectivity index (χ4v) is 2.44. The van der Waals surface area contributed by atoms with E-state index in [4.69, 9.17) is 21.7 Å². The molecule has 2 aromatic rings. The minimum Gasteiger partial charge on any atom is -0.491 e. The third kappa shape index (κ3) is 8.08. The number of benzene rings is 2. The topological polar surface area (TPSA) is 103 Å². The van der Waals surface area contributed by atoms with Crippen LogP contribution >= 0.6 is 12.2 Å². The van der Waals surface area contributed by atoms with Crippen LogP contribution in [0.5, 0.6) is 5.75 Å². The largest absolute Gasteiger partial charge is 0.491 e. The highest BCUT2D eigenvalue weighted by atomic mass is 32.1. The molecule has 1 amide bonds. The Morgan fingerprint density at radius 1 is 1.21 bits per heavy atom. The first-order valence-corrected chi connectivity index (χ1v) is 9.24. The summed E-state index contributed by atoms with van der Waals surface area (Å²) in [7, 11) is 0. The van der Waals surface area contributed by atoms with Crippen molar-refractivity contribution in [3.63, 3.8) is 0 Å². The van der Waals surface area contributed by atoms with E-state index in [1.165, 1.54) is 24.3 Å². The third-order valence-corrected chi connectivity index (χ3v) is 3.76. The Labute approximate surface area is 173 Å². The summed E-state index contributed by atoms with van der Waals surface area (Å²) in [5.41, 5.74) is 1.31. The summed E-state index contributed by atoms with van der Waals surface area (Å²) in [6.07, 6.45) is 2.83. The van der Waals surface area contributed by atoms with Gasteiger partial charge in [0.2, 0.25) is 5.91 Å². The summed E-state index contributed by atoms with van der Waals surface area (Å²) >= 11 is 5.14. The molecular formula is C20H21N3O5S. The molecule has 0 saturated heterocycles. The highest BCUT2D eigenvalue weighted by Gasteiger charge is 2.05. The molecule has 2 N–H and O–H groups in total. The van der Waals surface area contributed by atoms with Crippen molar-refractivity contribution in [3.8, 4) is 5.75 Å². The number of nitro groups is 1. The number of ether oxygens (including phenoxy) is 2. The van der Waals surface area contributed by atoms with Crippen molar-refractivity contribution in [1.82, 2.24) is 5.32 Å². The molecule has 0 aromatic heterocycles. The average Bonchev–Trinajstić information content (AvgIpc) is 2.70. The molecule has 0 atom stereocenters. The predicted molar refractivity (Wildman–Crippen MR) is 115 cm³/mol. The Hall–Kier alpha value is -3.30. The molecule has 0 fully saturated rings. The number of amides is 1. The lowest BCUT2D eigenvalue weighted by atomic mass is 10.2. The van der Waals surface area contributed by atoms with Gasteiger partial charge in [0, 0.05) is 36.6 Å². The lowest BCUT2D eigenvalue weighted by molar-refractivity contribution is -0.384. The fraction of sp³-hybridized carbons (Fsp3) is 0.200. The van der Waals surface area contributed by atoms with Crippen molar-refractivity contribution < 1.29 is 19.2 Å². The zero-order valence-corrected chi connectivity index (χ0v) is 16.6. The summed E-state index contributed by atoms with van der Waals surface area (Å²) in [6, 6.07) is 13.0. The molecule has 0 aliphatic rings. The number of hydrogen-bond donors (Lipinski definition) is 2. The van der Waals surface area contributed by atoms with E-state index in [1.54, 1.807) is 30.3 Å². The number of nitro benzene ring substituents is 1. The Bertz CT molecular complexity index is 884. The van der Waals surface area contributed by atoms with Crippen molar-refractivity contribution in [3.05, 3.63) is 70.3 Å². The van der Waals surface area contributed by atoms with Crippen molar-refractivity contribution in [1.29, 1.82) is 0 Å². The van der Waals surface area contributed by atoms with Crippen LogP contribution in [0.1, 0.15) is 12.5 Å². The van der Waals surface area contributed by atoms with Gasteiger partial charge in [0.05, 0.1) is 11.5 Å². The van der Waals surface area contributed by atoms with Gasteiger partial charge in [0.15, 0.2) is 5.11 Å². The molecule has 2 aromatic carbocycles. The fourth-order valence-electron chi connectivity index (χ4n) is 2.22. The Morgan fingerprint density at radius 3 is 2.66 bits per heavy atom. The minimum absolute atomic E-state index is 0.0129. The van der Waals surface area contributed by atoms with Gasteiger partial charge >= 0.3 is 0 Å². The molecule has 0 unspecified atom stereocenters. The first-order valence-electron chi connectivity index (χ1n) is 8.83. The molecule has 8 nitrogen and oxygen atoms in total. The quantitative estimate of drug-likeness (QED) is 0.212. The molecule has 152 valence electrons. The number of non-ortho nitro benzene ring substituents is 1. The molecule has 0 aliphatic heterocycles. The van der Waals surface area contributed by atoms with E-state index < -0.39 is 10.8 Å². The first kappa shape index (κ1) is 22.0. The zero-order chi connectivity index (χ0) is 21.1. The van der Waals surface area contributed by atoms with Crippen LogP contribution < -0.4 is 15.4 Å². The van der Waals surface area contributed by atoms with E-state index >= 15 is 0 Å². The first-order chi connectivity index (χ1) is 14.0. The number of rotatable bonds is 9. The Morgan fingerprint density at radius 2 is 1.97 bits per heavy atom. The van der Waals surface area contributed by atoms with Crippen LogP contribution in [0.25, 0.3) is 6.08 Å². The van der Waals surface area contributed by atoms with Crippen LogP contribution in [0.4, 0.5) is 11.4 Å². The molecule has 0 radical (unpaired) electrons. The van der Waals surface area contributed by atoms with Crippen LogP contribution in [0, 0.1) is 10.1 Å². The van der Waals surface area contributed by atoms with Crippen molar-refractivity contribution in [2.75, 3.05) is 25.1 Å². The Balaban J connectivity index is 1.83.